The lowest BCUT2D eigenvalue weighted by Crippen LogP contribution is -2.54. The molecule has 230 valence electrons. The minimum Gasteiger partial charge on any atom is -0.481 e. The molecule has 2 amide bonds. The van der Waals surface area contributed by atoms with Crippen molar-refractivity contribution in [1.82, 2.24) is 16.0 Å². The summed E-state index contributed by atoms with van der Waals surface area (Å²) in [7, 11) is 0. The van der Waals surface area contributed by atoms with Crippen LogP contribution in [0, 0.1) is 0 Å². The number of nitrogens with one attached hydrogen (secondary N) is 3. The number of Topliss-reactive ketones (excluding diaryl/α,β-unsaturated/α-hetero) is 1. The second kappa shape index (κ2) is 15.0. The zero-order chi connectivity index (χ0) is 31.5. The van der Waals surface area contributed by atoms with Crippen molar-refractivity contribution in [3.8, 4) is 0 Å². The Morgan fingerprint density at radius 1 is 0.795 bits per heavy atom. The number of amides is 2. The van der Waals surface area contributed by atoms with E-state index in [0.29, 0.717) is 18.7 Å². The van der Waals surface area contributed by atoms with Gasteiger partial charge in [0.2, 0.25) is 5.91 Å². The lowest BCUT2D eigenvalue weighted by atomic mass is 9.93. The first-order valence-electron chi connectivity index (χ1n) is 14.3. The highest BCUT2D eigenvalue weighted by atomic mass is 16.6. The molecule has 0 aromatic heterocycles. The Morgan fingerprint density at radius 3 is 1.80 bits per heavy atom. The summed E-state index contributed by atoms with van der Waals surface area (Å²) in [5, 5.41) is 17.9. The van der Waals surface area contributed by atoms with Crippen LogP contribution in [0.3, 0.4) is 0 Å². The van der Waals surface area contributed by atoms with Crippen LogP contribution in [-0.4, -0.2) is 59.2 Å². The molecule has 44 heavy (non-hydrogen) atoms. The second-order valence-corrected chi connectivity index (χ2v) is 10.9. The Balaban J connectivity index is 1.50. The molecule has 1 aliphatic rings. The van der Waals surface area contributed by atoms with Gasteiger partial charge in [-0.15, -0.1) is 0 Å². The number of epoxide rings is 1. The molecular formula is C34H37N3O7. The summed E-state index contributed by atoms with van der Waals surface area (Å²) < 4.78 is 10.6. The third-order valence-corrected chi connectivity index (χ3v) is 7.28. The maximum Gasteiger partial charge on any atom is 0.408 e. The molecule has 4 rings (SSSR count). The third-order valence-electron chi connectivity index (χ3n) is 7.28. The summed E-state index contributed by atoms with van der Waals surface area (Å²) in [6.45, 7) is 6.17. The average Bonchev–Trinajstić information content (AvgIpc) is 3.78. The summed E-state index contributed by atoms with van der Waals surface area (Å²) in [4.78, 5) is 51.1. The molecule has 3 unspecified atom stereocenters. The van der Waals surface area contributed by atoms with Crippen molar-refractivity contribution < 1.29 is 33.8 Å². The summed E-state index contributed by atoms with van der Waals surface area (Å²) in [6.07, 6.45) is -0.954. The van der Waals surface area contributed by atoms with Gasteiger partial charge in [-0.2, -0.15) is 0 Å². The Hall–Kier alpha value is -4.96. The fraction of sp³-hybridized carbons (Fsp3) is 0.294. The van der Waals surface area contributed by atoms with Gasteiger partial charge in [0.25, 0.3) is 0 Å². The first kappa shape index (κ1) is 32.0. The van der Waals surface area contributed by atoms with E-state index in [9.17, 15) is 24.3 Å². The number of ketones is 1. The van der Waals surface area contributed by atoms with Crippen molar-refractivity contribution >= 4 is 23.8 Å². The third kappa shape index (κ3) is 9.53. The number of carbonyl (C=O) groups is 4. The van der Waals surface area contributed by atoms with Gasteiger partial charge in [-0.1, -0.05) is 97.6 Å². The molecule has 0 bridgehead atoms. The zero-order valence-electron chi connectivity index (χ0n) is 24.5. The van der Waals surface area contributed by atoms with Crippen LogP contribution >= 0.6 is 0 Å². The van der Waals surface area contributed by atoms with E-state index in [0.717, 1.165) is 16.7 Å². The number of carboxylic acids is 1. The lowest BCUT2D eigenvalue weighted by molar-refractivity contribution is -0.140. The number of rotatable bonds is 16. The van der Waals surface area contributed by atoms with Crippen molar-refractivity contribution in [2.24, 2.45) is 0 Å². The Labute approximate surface area is 256 Å². The van der Waals surface area contributed by atoms with Crippen LogP contribution < -0.4 is 16.0 Å². The molecule has 10 heteroatoms. The molecule has 0 spiro atoms. The SMILES string of the molecule is C=C(NC(Cc1ccccc1)C(=O)C1(C)CO1)[C@H](Cc1ccccc1)NC(=O)C(CC(=O)O)NC(=O)OCc1ccccc1. The summed E-state index contributed by atoms with van der Waals surface area (Å²) >= 11 is 0. The van der Waals surface area contributed by atoms with Gasteiger partial charge in [0.05, 0.1) is 25.1 Å². The number of aliphatic carboxylic acids is 1. The van der Waals surface area contributed by atoms with Crippen LogP contribution in [0.4, 0.5) is 4.79 Å². The molecule has 4 atom stereocenters. The van der Waals surface area contributed by atoms with Crippen molar-refractivity contribution in [3.05, 3.63) is 120 Å². The average molecular weight is 600 g/mol. The largest absolute Gasteiger partial charge is 0.481 e. The number of ether oxygens (including phenoxy) is 2. The van der Waals surface area contributed by atoms with Crippen LogP contribution in [0.25, 0.3) is 0 Å². The number of hydrogen-bond acceptors (Lipinski definition) is 7. The van der Waals surface area contributed by atoms with Gasteiger partial charge in [0.15, 0.2) is 5.78 Å². The Kier molecular flexibility index (Phi) is 10.9. The summed E-state index contributed by atoms with van der Waals surface area (Å²) in [5.74, 6) is -2.16. The number of hydrogen-bond donors (Lipinski definition) is 4. The van der Waals surface area contributed by atoms with E-state index in [-0.39, 0.29) is 18.8 Å². The molecule has 4 N–H and O–H groups in total. The molecule has 0 radical (unpaired) electrons. The maximum atomic E-state index is 13.5. The normalized spacial score (nSPS) is 17.3. The van der Waals surface area contributed by atoms with Crippen LogP contribution in [0.1, 0.15) is 30.0 Å². The predicted octanol–water partition coefficient (Wildman–Crippen LogP) is 3.56. The van der Waals surface area contributed by atoms with Gasteiger partial charge >= 0.3 is 12.1 Å². The van der Waals surface area contributed by atoms with Crippen molar-refractivity contribution in [1.29, 1.82) is 0 Å². The van der Waals surface area contributed by atoms with Gasteiger partial charge in [-0.05, 0) is 36.5 Å². The lowest BCUT2D eigenvalue weighted by Gasteiger charge is -2.29. The first-order valence-corrected chi connectivity index (χ1v) is 14.3. The van der Waals surface area contributed by atoms with E-state index < -0.39 is 48.1 Å². The number of alkyl carbamates (subject to hydrolysis) is 1. The monoisotopic (exact) mass is 599 g/mol. The van der Waals surface area contributed by atoms with Gasteiger partial charge < -0.3 is 30.5 Å². The van der Waals surface area contributed by atoms with Crippen LogP contribution in [-0.2, 0) is 43.3 Å². The highest BCUT2D eigenvalue weighted by Crippen LogP contribution is 2.29. The van der Waals surface area contributed by atoms with Gasteiger partial charge in [0.1, 0.15) is 18.2 Å². The zero-order valence-corrected chi connectivity index (χ0v) is 24.5. The Morgan fingerprint density at radius 2 is 1.30 bits per heavy atom. The second-order valence-electron chi connectivity index (χ2n) is 10.9. The van der Waals surface area contributed by atoms with Crippen LogP contribution in [0.2, 0.25) is 0 Å². The fourth-order valence-corrected chi connectivity index (χ4v) is 4.68. The van der Waals surface area contributed by atoms with Gasteiger partial charge in [0, 0.05) is 5.70 Å². The van der Waals surface area contributed by atoms with Crippen molar-refractivity contribution in [2.75, 3.05) is 6.61 Å². The van der Waals surface area contributed by atoms with Gasteiger partial charge in [-0.25, -0.2) is 4.79 Å². The quantitative estimate of drug-likeness (QED) is 0.183. The smallest absolute Gasteiger partial charge is 0.408 e. The molecule has 1 heterocycles. The number of carboxylic acid groups (broad SMARTS) is 1. The van der Waals surface area contributed by atoms with Crippen molar-refractivity contribution in [3.63, 3.8) is 0 Å². The van der Waals surface area contributed by atoms with E-state index >= 15 is 0 Å². The molecule has 1 aliphatic heterocycles. The molecule has 0 saturated carbocycles. The van der Waals surface area contributed by atoms with Crippen LogP contribution in [0.5, 0.6) is 0 Å². The number of carbonyl (C=O) groups excluding carboxylic acids is 3. The van der Waals surface area contributed by atoms with Crippen molar-refractivity contribution in [2.45, 2.75) is 56.5 Å². The molecular weight excluding hydrogens is 562 g/mol. The topological polar surface area (TPSA) is 146 Å². The van der Waals surface area contributed by atoms with E-state index in [1.807, 2.05) is 66.7 Å². The predicted molar refractivity (Wildman–Crippen MR) is 163 cm³/mol. The molecule has 3 aromatic rings. The van der Waals surface area contributed by atoms with Crippen LogP contribution in [0.15, 0.2) is 103 Å². The maximum absolute atomic E-state index is 13.5. The molecule has 0 aliphatic carbocycles. The van der Waals surface area contributed by atoms with E-state index in [1.165, 1.54) is 0 Å². The fourth-order valence-electron chi connectivity index (χ4n) is 4.68. The molecule has 1 fully saturated rings. The molecule has 1 saturated heterocycles. The number of benzene rings is 3. The highest BCUT2D eigenvalue weighted by Gasteiger charge is 2.50. The molecule has 10 nitrogen and oxygen atoms in total. The standard InChI is InChI=1S/C34H37N3O7/c1-23(35-28(31(40)34(2)22-44-34)19-25-14-8-4-9-15-25)27(18-24-12-6-3-7-13-24)36-32(41)29(20-30(38)39)37-33(42)43-21-26-16-10-5-11-17-26/h3-17,27-29,35H,1,18-22H2,2H3,(H,36,41)(H,37,42)(H,38,39)/t27-,28?,29?,34?/m0/s1. The minimum atomic E-state index is -1.43. The summed E-state index contributed by atoms with van der Waals surface area (Å²) in [5.41, 5.74) is 1.98. The highest BCUT2D eigenvalue weighted by molar-refractivity contribution is 5.94. The van der Waals surface area contributed by atoms with E-state index in [1.54, 1.807) is 31.2 Å². The molecule has 3 aromatic carbocycles. The van der Waals surface area contributed by atoms with E-state index in [4.69, 9.17) is 9.47 Å². The van der Waals surface area contributed by atoms with Gasteiger partial charge in [-0.3, -0.25) is 14.4 Å². The first-order chi connectivity index (χ1) is 21.1. The van der Waals surface area contributed by atoms with E-state index in [2.05, 4.69) is 22.5 Å². The minimum absolute atomic E-state index is 0.0507. The summed E-state index contributed by atoms with van der Waals surface area (Å²) in [6, 6.07) is 24.9. The Bertz CT molecular complexity index is 1440.